The molecule has 24 heavy (non-hydrogen) atoms. The van der Waals surface area contributed by atoms with Gasteiger partial charge in [0.2, 0.25) is 0 Å². The highest BCUT2D eigenvalue weighted by molar-refractivity contribution is 9.10. The number of rotatable bonds is 6. The van der Waals surface area contributed by atoms with Crippen molar-refractivity contribution >= 4 is 33.5 Å². The molecule has 0 aliphatic carbocycles. The zero-order chi connectivity index (χ0) is 17.5. The molecule has 126 valence electrons. The Balaban J connectivity index is 1.87. The summed E-state index contributed by atoms with van der Waals surface area (Å²) in [4.78, 5) is 23.9. The molecule has 0 aliphatic rings. The molecule has 0 saturated heterocycles. The molecule has 0 spiro atoms. The third-order valence-electron chi connectivity index (χ3n) is 3.80. The maximum atomic E-state index is 11.9. The fourth-order valence-electron chi connectivity index (χ4n) is 2.16. The van der Waals surface area contributed by atoms with E-state index in [1.807, 2.05) is 24.3 Å². The average molecular weight is 390 g/mol. The van der Waals surface area contributed by atoms with Gasteiger partial charge < -0.3 is 10.1 Å². The second-order valence-corrected chi connectivity index (χ2v) is 6.39. The number of hydrogen-bond acceptors (Lipinski definition) is 3. The molecule has 4 nitrogen and oxygen atoms in total. The third-order valence-corrected chi connectivity index (χ3v) is 4.50. The second kappa shape index (κ2) is 8.64. The third kappa shape index (κ3) is 4.93. The number of ether oxygens (including phenoxy) is 1. The van der Waals surface area contributed by atoms with Gasteiger partial charge >= 0.3 is 5.97 Å². The van der Waals surface area contributed by atoms with E-state index in [4.69, 9.17) is 4.74 Å². The first-order chi connectivity index (χ1) is 11.5. The molecule has 0 unspecified atom stereocenters. The van der Waals surface area contributed by atoms with Gasteiger partial charge in [-0.05, 0) is 58.1 Å². The Hall–Kier alpha value is -2.14. The molecule has 1 amide bonds. The molecule has 1 atom stereocenters. The zero-order valence-corrected chi connectivity index (χ0v) is 15.3. The zero-order valence-electron chi connectivity index (χ0n) is 13.7. The Morgan fingerprint density at radius 2 is 1.79 bits per heavy atom. The van der Waals surface area contributed by atoms with E-state index in [2.05, 4.69) is 35.1 Å². The van der Waals surface area contributed by atoms with Crippen LogP contribution in [0.4, 0.5) is 5.69 Å². The summed E-state index contributed by atoms with van der Waals surface area (Å²) in [6.07, 6.45) is 1.07. The highest BCUT2D eigenvalue weighted by Gasteiger charge is 2.13. The van der Waals surface area contributed by atoms with Gasteiger partial charge in [0.1, 0.15) is 0 Å². The van der Waals surface area contributed by atoms with E-state index in [1.165, 1.54) is 5.56 Å². The minimum atomic E-state index is -0.537. The van der Waals surface area contributed by atoms with Crippen molar-refractivity contribution in [2.45, 2.75) is 26.2 Å². The van der Waals surface area contributed by atoms with Crippen LogP contribution >= 0.6 is 15.9 Å². The molecule has 0 aromatic heterocycles. The quantitative estimate of drug-likeness (QED) is 0.724. The molecule has 0 fully saturated rings. The molecule has 0 radical (unpaired) electrons. The van der Waals surface area contributed by atoms with Crippen LogP contribution in [0.2, 0.25) is 0 Å². The van der Waals surface area contributed by atoms with Gasteiger partial charge in [0.25, 0.3) is 5.91 Å². The fraction of sp³-hybridized carbons (Fsp3) is 0.263. The number of carbonyl (C=O) groups excluding carboxylic acids is 2. The second-order valence-electron chi connectivity index (χ2n) is 5.54. The first-order valence-corrected chi connectivity index (χ1v) is 8.62. The number of hydrogen-bond donors (Lipinski definition) is 1. The van der Waals surface area contributed by atoms with Crippen LogP contribution < -0.4 is 5.32 Å². The number of esters is 1. The molecule has 2 aromatic carbocycles. The molecule has 2 rings (SSSR count). The minimum absolute atomic E-state index is 0.326. The lowest BCUT2D eigenvalue weighted by Gasteiger charge is -2.11. The summed E-state index contributed by atoms with van der Waals surface area (Å²) < 4.78 is 5.68. The van der Waals surface area contributed by atoms with Crippen molar-refractivity contribution < 1.29 is 14.3 Å². The van der Waals surface area contributed by atoms with Crippen LogP contribution in [0.15, 0.2) is 53.0 Å². The van der Waals surface area contributed by atoms with Crippen molar-refractivity contribution in [2.24, 2.45) is 0 Å². The number of amides is 1. The number of benzene rings is 2. The number of halogens is 1. The van der Waals surface area contributed by atoms with E-state index < -0.39 is 5.97 Å². The topological polar surface area (TPSA) is 55.4 Å². The first-order valence-electron chi connectivity index (χ1n) is 7.82. The summed E-state index contributed by atoms with van der Waals surface area (Å²) in [6, 6.07) is 14.6. The predicted octanol–water partition coefficient (Wildman–Crippen LogP) is 4.76. The first kappa shape index (κ1) is 18.2. The number of anilines is 1. The van der Waals surface area contributed by atoms with Gasteiger partial charge in [-0.1, -0.05) is 38.1 Å². The molecule has 1 N–H and O–H groups in total. The average Bonchev–Trinajstić information content (AvgIpc) is 2.60. The van der Waals surface area contributed by atoms with Crippen molar-refractivity contribution in [3.63, 3.8) is 0 Å². The molecule has 5 heteroatoms. The fourth-order valence-corrected chi connectivity index (χ4v) is 2.61. The highest BCUT2D eigenvalue weighted by atomic mass is 79.9. The van der Waals surface area contributed by atoms with Gasteiger partial charge in [0.05, 0.1) is 5.56 Å². The van der Waals surface area contributed by atoms with E-state index in [0.717, 1.165) is 6.42 Å². The lowest BCUT2D eigenvalue weighted by molar-refractivity contribution is -0.119. The van der Waals surface area contributed by atoms with Crippen LogP contribution in [0.25, 0.3) is 0 Å². The van der Waals surface area contributed by atoms with E-state index in [-0.39, 0.29) is 12.5 Å². The Morgan fingerprint density at radius 3 is 2.42 bits per heavy atom. The molecule has 0 bridgehead atoms. The standard InChI is InChI=1S/C19H20BrNO3/c1-3-13(2)14-8-10-15(11-9-14)21-18(22)12-24-19(23)16-6-4-5-7-17(16)20/h4-11,13H,3,12H2,1-2H3,(H,21,22)/t13-/m0/s1. The summed E-state index contributed by atoms with van der Waals surface area (Å²) in [5.74, 6) is -0.420. The monoisotopic (exact) mass is 389 g/mol. The van der Waals surface area contributed by atoms with Crippen molar-refractivity contribution in [1.82, 2.24) is 0 Å². The van der Waals surface area contributed by atoms with E-state index in [9.17, 15) is 9.59 Å². The van der Waals surface area contributed by atoms with Gasteiger partial charge in [-0.3, -0.25) is 4.79 Å². The van der Waals surface area contributed by atoms with Crippen LogP contribution in [-0.4, -0.2) is 18.5 Å². The number of carbonyl (C=O) groups is 2. The Bertz CT molecular complexity index is 713. The maximum absolute atomic E-state index is 11.9. The Kier molecular flexibility index (Phi) is 6.55. The molecular weight excluding hydrogens is 370 g/mol. The van der Waals surface area contributed by atoms with Crippen LogP contribution in [0, 0.1) is 0 Å². The Labute approximate surface area is 150 Å². The van der Waals surface area contributed by atoms with Crippen molar-refractivity contribution in [3.8, 4) is 0 Å². The van der Waals surface area contributed by atoms with Gasteiger partial charge in [-0.2, -0.15) is 0 Å². The van der Waals surface area contributed by atoms with Gasteiger partial charge in [0.15, 0.2) is 6.61 Å². The lowest BCUT2D eigenvalue weighted by Crippen LogP contribution is -2.21. The van der Waals surface area contributed by atoms with Crippen molar-refractivity contribution in [1.29, 1.82) is 0 Å². The highest BCUT2D eigenvalue weighted by Crippen LogP contribution is 2.20. The summed E-state index contributed by atoms with van der Waals surface area (Å²) in [5, 5.41) is 2.72. The summed E-state index contributed by atoms with van der Waals surface area (Å²) in [6.45, 7) is 3.97. The molecule has 0 saturated carbocycles. The van der Waals surface area contributed by atoms with Gasteiger partial charge in [0, 0.05) is 10.2 Å². The maximum Gasteiger partial charge on any atom is 0.339 e. The van der Waals surface area contributed by atoms with Crippen LogP contribution in [-0.2, 0) is 9.53 Å². The summed E-state index contributed by atoms with van der Waals surface area (Å²) in [7, 11) is 0. The molecule has 2 aromatic rings. The van der Waals surface area contributed by atoms with Crippen molar-refractivity contribution in [3.05, 3.63) is 64.1 Å². The van der Waals surface area contributed by atoms with Gasteiger partial charge in [-0.15, -0.1) is 0 Å². The largest absolute Gasteiger partial charge is 0.452 e. The SMILES string of the molecule is CC[C@H](C)c1ccc(NC(=O)COC(=O)c2ccccc2Br)cc1. The van der Waals surface area contributed by atoms with E-state index >= 15 is 0 Å². The summed E-state index contributed by atoms with van der Waals surface area (Å²) >= 11 is 3.28. The minimum Gasteiger partial charge on any atom is -0.452 e. The van der Waals surface area contributed by atoms with Crippen LogP contribution in [0.1, 0.15) is 42.1 Å². The van der Waals surface area contributed by atoms with Crippen LogP contribution in [0.5, 0.6) is 0 Å². The molecule has 0 heterocycles. The van der Waals surface area contributed by atoms with Crippen LogP contribution in [0.3, 0.4) is 0 Å². The molecular formula is C19H20BrNO3. The van der Waals surface area contributed by atoms with Gasteiger partial charge in [-0.25, -0.2) is 4.79 Å². The summed E-state index contributed by atoms with van der Waals surface area (Å²) in [5.41, 5.74) is 2.31. The van der Waals surface area contributed by atoms with E-state index in [0.29, 0.717) is 21.6 Å². The number of nitrogens with one attached hydrogen (secondary N) is 1. The van der Waals surface area contributed by atoms with Crippen molar-refractivity contribution in [2.75, 3.05) is 11.9 Å². The predicted molar refractivity (Wildman–Crippen MR) is 98.2 cm³/mol. The lowest BCUT2D eigenvalue weighted by atomic mass is 9.99. The smallest absolute Gasteiger partial charge is 0.339 e. The Morgan fingerprint density at radius 1 is 1.12 bits per heavy atom. The van der Waals surface area contributed by atoms with E-state index in [1.54, 1.807) is 24.3 Å². The normalized spacial score (nSPS) is 11.6. The molecule has 0 aliphatic heterocycles.